The molecule has 1 heterocycles. The number of nitrogens with zero attached hydrogens (tertiary/aromatic N) is 1. The third-order valence-electron chi connectivity index (χ3n) is 4.35. The van der Waals surface area contributed by atoms with Gasteiger partial charge in [0.05, 0.1) is 0 Å². The molecule has 0 aromatic rings. The SMILES string of the molecule is CC(C)C1CCN(C2CCC2CN)C1. The average Bonchev–Trinajstić information content (AvgIpc) is 2.52. The Morgan fingerprint density at radius 2 is 2.07 bits per heavy atom. The number of rotatable bonds is 3. The third-order valence-corrected chi connectivity index (χ3v) is 4.35. The largest absolute Gasteiger partial charge is 0.330 e. The van der Waals surface area contributed by atoms with Crippen molar-refractivity contribution in [2.24, 2.45) is 23.5 Å². The topological polar surface area (TPSA) is 29.3 Å². The minimum Gasteiger partial charge on any atom is -0.330 e. The van der Waals surface area contributed by atoms with Crippen LogP contribution in [0.25, 0.3) is 0 Å². The summed E-state index contributed by atoms with van der Waals surface area (Å²) in [7, 11) is 0. The Balaban J connectivity index is 1.83. The van der Waals surface area contributed by atoms with E-state index in [4.69, 9.17) is 5.73 Å². The normalized spacial score (nSPS) is 39.0. The summed E-state index contributed by atoms with van der Waals surface area (Å²) < 4.78 is 0. The second-order valence-electron chi connectivity index (χ2n) is 5.43. The summed E-state index contributed by atoms with van der Waals surface area (Å²) >= 11 is 0. The molecule has 2 N–H and O–H groups in total. The summed E-state index contributed by atoms with van der Waals surface area (Å²) in [4.78, 5) is 2.70. The summed E-state index contributed by atoms with van der Waals surface area (Å²) in [5.41, 5.74) is 5.76. The van der Waals surface area contributed by atoms with Crippen LogP contribution in [0, 0.1) is 17.8 Å². The van der Waals surface area contributed by atoms with Crippen molar-refractivity contribution >= 4 is 0 Å². The minimum absolute atomic E-state index is 0.806. The van der Waals surface area contributed by atoms with Gasteiger partial charge in [-0.1, -0.05) is 13.8 Å². The van der Waals surface area contributed by atoms with Gasteiger partial charge in [0.15, 0.2) is 0 Å². The maximum Gasteiger partial charge on any atom is 0.0136 e. The zero-order chi connectivity index (χ0) is 10.1. The minimum atomic E-state index is 0.806. The van der Waals surface area contributed by atoms with Gasteiger partial charge in [0.25, 0.3) is 0 Å². The number of likely N-dealkylation sites (tertiary alicyclic amines) is 1. The first-order chi connectivity index (χ1) is 6.72. The van der Waals surface area contributed by atoms with E-state index in [1.807, 2.05) is 0 Å². The molecule has 0 radical (unpaired) electrons. The molecule has 2 aliphatic rings. The summed E-state index contributed by atoms with van der Waals surface area (Å²) in [5.74, 6) is 2.60. The lowest BCUT2D eigenvalue weighted by atomic mass is 9.78. The second kappa shape index (κ2) is 4.19. The molecule has 0 aromatic heterocycles. The van der Waals surface area contributed by atoms with E-state index in [1.165, 1.54) is 32.4 Å². The van der Waals surface area contributed by atoms with Crippen molar-refractivity contribution in [3.05, 3.63) is 0 Å². The molecule has 0 bridgehead atoms. The van der Waals surface area contributed by atoms with Crippen LogP contribution in [-0.2, 0) is 0 Å². The maximum atomic E-state index is 5.76. The first kappa shape index (κ1) is 10.4. The van der Waals surface area contributed by atoms with Crippen molar-refractivity contribution in [3.8, 4) is 0 Å². The van der Waals surface area contributed by atoms with E-state index in [2.05, 4.69) is 18.7 Å². The number of hydrogen-bond acceptors (Lipinski definition) is 2. The van der Waals surface area contributed by atoms with Gasteiger partial charge >= 0.3 is 0 Å². The third kappa shape index (κ3) is 1.82. The van der Waals surface area contributed by atoms with E-state index in [1.54, 1.807) is 0 Å². The lowest BCUT2D eigenvalue weighted by Crippen LogP contribution is -2.48. The fourth-order valence-corrected chi connectivity index (χ4v) is 2.97. The first-order valence-corrected chi connectivity index (χ1v) is 6.16. The Kier molecular flexibility index (Phi) is 3.13. The van der Waals surface area contributed by atoms with Gasteiger partial charge in [0.2, 0.25) is 0 Å². The van der Waals surface area contributed by atoms with Crippen LogP contribution in [0.1, 0.15) is 33.1 Å². The van der Waals surface area contributed by atoms with Crippen molar-refractivity contribution in [1.29, 1.82) is 0 Å². The summed E-state index contributed by atoms with van der Waals surface area (Å²) in [6.45, 7) is 8.26. The molecule has 3 unspecified atom stereocenters. The van der Waals surface area contributed by atoms with Crippen molar-refractivity contribution in [1.82, 2.24) is 4.90 Å². The Morgan fingerprint density at radius 3 is 2.50 bits per heavy atom. The molecule has 14 heavy (non-hydrogen) atoms. The molecular weight excluding hydrogens is 172 g/mol. The van der Waals surface area contributed by atoms with Crippen LogP contribution in [0.4, 0.5) is 0 Å². The molecule has 1 aliphatic heterocycles. The van der Waals surface area contributed by atoms with Gasteiger partial charge in [-0.2, -0.15) is 0 Å². The van der Waals surface area contributed by atoms with Gasteiger partial charge < -0.3 is 5.73 Å². The fourth-order valence-electron chi connectivity index (χ4n) is 2.97. The smallest absolute Gasteiger partial charge is 0.0136 e. The zero-order valence-corrected chi connectivity index (χ0v) is 9.58. The second-order valence-corrected chi connectivity index (χ2v) is 5.43. The average molecular weight is 196 g/mol. The highest BCUT2D eigenvalue weighted by molar-refractivity contribution is 4.93. The van der Waals surface area contributed by atoms with Gasteiger partial charge in [-0.25, -0.2) is 0 Å². The van der Waals surface area contributed by atoms with Gasteiger partial charge in [-0.3, -0.25) is 4.90 Å². The predicted molar refractivity (Wildman–Crippen MR) is 60.1 cm³/mol. The Labute approximate surface area is 87.8 Å². The van der Waals surface area contributed by atoms with Crippen molar-refractivity contribution in [2.45, 2.75) is 39.2 Å². The van der Waals surface area contributed by atoms with Crippen LogP contribution >= 0.6 is 0 Å². The zero-order valence-electron chi connectivity index (χ0n) is 9.58. The molecule has 2 fully saturated rings. The quantitative estimate of drug-likeness (QED) is 0.744. The standard InChI is InChI=1S/C12H24N2/c1-9(2)11-5-6-14(8-11)12-4-3-10(12)7-13/h9-12H,3-8,13H2,1-2H3. The predicted octanol–water partition coefficient (Wildman–Crippen LogP) is 1.70. The molecule has 0 spiro atoms. The molecule has 0 amide bonds. The van der Waals surface area contributed by atoms with Crippen LogP contribution in [0.15, 0.2) is 0 Å². The molecule has 82 valence electrons. The van der Waals surface area contributed by atoms with E-state index < -0.39 is 0 Å². The number of hydrogen-bond donors (Lipinski definition) is 1. The Hall–Kier alpha value is -0.0800. The highest BCUT2D eigenvalue weighted by Crippen LogP contribution is 2.35. The van der Waals surface area contributed by atoms with Crippen molar-refractivity contribution in [2.75, 3.05) is 19.6 Å². The lowest BCUT2D eigenvalue weighted by Gasteiger charge is -2.42. The molecule has 1 aliphatic carbocycles. The molecule has 2 nitrogen and oxygen atoms in total. The highest BCUT2D eigenvalue weighted by atomic mass is 15.2. The van der Waals surface area contributed by atoms with Crippen LogP contribution in [0.5, 0.6) is 0 Å². The van der Waals surface area contributed by atoms with E-state index in [0.29, 0.717) is 0 Å². The highest BCUT2D eigenvalue weighted by Gasteiger charge is 2.38. The molecule has 3 atom stereocenters. The fraction of sp³-hybridized carbons (Fsp3) is 1.00. The van der Waals surface area contributed by atoms with Crippen molar-refractivity contribution in [3.63, 3.8) is 0 Å². The van der Waals surface area contributed by atoms with Gasteiger partial charge in [-0.15, -0.1) is 0 Å². The molecule has 1 saturated carbocycles. The van der Waals surface area contributed by atoms with Crippen molar-refractivity contribution < 1.29 is 0 Å². The van der Waals surface area contributed by atoms with Gasteiger partial charge in [0.1, 0.15) is 0 Å². The molecule has 2 rings (SSSR count). The lowest BCUT2D eigenvalue weighted by molar-refractivity contribution is 0.0826. The van der Waals surface area contributed by atoms with Crippen LogP contribution in [0.2, 0.25) is 0 Å². The first-order valence-electron chi connectivity index (χ1n) is 6.16. The summed E-state index contributed by atoms with van der Waals surface area (Å²) in [6, 6.07) is 0.837. The van der Waals surface area contributed by atoms with Crippen LogP contribution in [0.3, 0.4) is 0 Å². The van der Waals surface area contributed by atoms with Gasteiger partial charge in [0, 0.05) is 12.6 Å². The van der Waals surface area contributed by atoms with E-state index in [9.17, 15) is 0 Å². The molecular formula is C12H24N2. The van der Waals surface area contributed by atoms with E-state index >= 15 is 0 Å². The van der Waals surface area contributed by atoms with E-state index in [-0.39, 0.29) is 0 Å². The molecule has 2 heteroatoms. The Morgan fingerprint density at radius 1 is 1.29 bits per heavy atom. The maximum absolute atomic E-state index is 5.76. The summed E-state index contributed by atoms with van der Waals surface area (Å²) in [6.07, 6.45) is 4.17. The van der Waals surface area contributed by atoms with Crippen LogP contribution < -0.4 is 5.73 Å². The summed E-state index contributed by atoms with van der Waals surface area (Å²) in [5, 5.41) is 0. The monoisotopic (exact) mass is 196 g/mol. The molecule has 0 aromatic carbocycles. The number of nitrogens with two attached hydrogens (primary N) is 1. The Bertz CT molecular complexity index is 189. The van der Waals surface area contributed by atoms with E-state index in [0.717, 1.165) is 30.3 Å². The van der Waals surface area contributed by atoms with Gasteiger partial charge in [-0.05, 0) is 50.1 Å². The molecule has 1 saturated heterocycles. The van der Waals surface area contributed by atoms with Crippen LogP contribution in [-0.4, -0.2) is 30.6 Å².